The van der Waals surface area contributed by atoms with Crippen LogP contribution in [-0.2, 0) is 17.8 Å². The number of aryl methyl sites for hydroxylation is 2. The Balaban J connectivity index is 2.00. The molecule has 0 aromatic carbocycles. The minimum absolute atomic E-state index is 0.667. The van der Waals surface area contributed by atoms with Gasteiger partial charge >= 0.3 is 0 Å². The zero-order valence-corrected chi connectivity index (χ0v) is 14.2. The minimum Gasteiger partial charge on any atom is -0.395 e. The van der Waals surface area contributed by atoms with Crippen LogP contribution in [0.5, 0.6) is 0 Å². The van der Waals surface area contributed by atoms with E-state index in [1.54, 1.807) is 13.3 Å². The number of pyridine rings is 2. The highest BCUT2D eigenvalue weighted by molar-refractivity contribution is 6.01. The molecule has 3 heterocycles. The van der Waals surface area contributed by atoms with E-state index in [9.17, 15) is 0 Å². The van der Waals surface area contributed by atoms with Crippen molar-refractivity contribution in [2.45, 2.75) is 39.2 Å². The largest absolute Gasteiger partial charge is 0.395 e. The van der Waals surface area contributed by atoms with Gasteiger partial charge in [-0.15, -0.1) is 0 Å². The average molecular weight is 328 g/mol. The van der Waals surface area contributed by atoms with Crippen LogP contribution in [0.25, 0.3) is 22.2 Å². The number of imidazole rings is 1. The number of nitrogens with two attached hydrogens (primary N) is 1. The van der Waals surface area contributed by atoms with Crippen molar-refractivity contribution in [3.05, 3.63) is 24.2 Å². The molecule has 0 amide bonds. The van der Waals surface area contributed by atoms with Crippen LogP contribution in [0.3, 0.4) is 0 Å². The maximum Gasteiger partial charge on any atom is 0.180 e. The molecule has 3 aromatic rings. The van der Waals surface area contributed by atoms with Gasteiger partial charge in [0.05, 0.1) is 18.3 Å². The molecule has 0 bridgehead atoms. The smallest absolute Gasteiger partial charge is 0.180 e. The van der Waals surface area contributed by atoms with Gasteiger partial charge in [0, 0.05) is 25.7 Å². The van der Waals surface area contributed by atoms with E-state index in [1.807, 2.05) is 12.1 Å². The third kappa shape index (κ3) is 3.18. The molecular weight excluding hydrogens is 304 g/mol. The standard InChI is InChI=1S/C17H24N6O/c1-3-7-13-22-17-16(23(13)11-5-4-10-20-24-2)14(18)15-12(21-17)8-6-9-19-15/h6,8-9,20H,3-5,7,10-11H2,1-2H3,(H2,18,21). The van der Waals surface area contributed by atoms with E-state index in [0.717, 1.165) is 61.1 Å². The predicted octanol–water partition coefficient (Wildman–Crippen LogP) is 2.45. The van der Waals surface area contributed by atoms with Crippen molar-refractivity contribution < 1.29 is 4.84 Å². The number of aromatic nitrogens is 4. The number of hydroxylamine groups is 1. The van der Waals surface area contributed by atoms with Gasteiger partial charge < -0.3 is 15.1 Å². The van der Waals surface area contributed by atoms with Gasteiger partial charge in [0.25, 0.3) is 0 Å². The summed E-state index contributed by atoms with van der Waals surface area (Å²) in [5, 5.41) is 0. The fraction of sp³-hybridized carbons (Fsp3) is 0.471. The summed E-state index contributed by atoms with van der Waals surface area (Å²) >= 11 is 0. The zero-order valence-electron chi connectivity index (χ0n) is 14.2. The molecule has 3 N–H and O–H groups in total. The van der Waals surface area contributed by atoms with Gasteiger partial charge in [-0.05, 0) is 31.4 Å². The summed E-state index contributed by atoms with van der Waals surface area (Å²) < 4.78 is 2.21. The number of hydrogen-bond acceptors (Lipinski definition) is 6. The summed E-state index contributed by atoms with van der Waals surface area (Å²) in [5.41, 5.74) is 13.1. The van der Waals surface area contributed by atoms with Crippen LogP contribution in [-0.4, -0.2) is 33.2 Å². The summed E-state index contributed by atoms with van der Waals surface area (Å²) in [4.78, 5) is 18.6. The van der Waals surface area contributed by atoms with E-state index in [1.165, 1.54) is 0 Å². The molecule has 0 fully saturated rings. The summed E-state index contributed by atoms with van der Waals surface area (Å²) in [7, 11) is 1.63. The topological polar surface area (TPSA) is 90.9 Å². The molecule has 0 aliphatic rings. The highest BCUT2D eigenvalue weighted by Crippen LogP contribution is 2.28. The molecule has 0 saturated carbocycles. The van der Waals surface area contributed by atoms with Gasteiger partial charge in [0.15, 0.2) is 5.65 Å². The van der Waals surface area contributed by atoms with E-state index in [2.05, 4.69) is 26.9 Å². The number of anilines is 1. The number of nitrogens with zero attached hydrogens (tertiary/aromatic N) is 4. The van der Waals surface area contributed by atoms with Crippen LogP contribution in [0.15, 0.2) is 18.3 Å². The number of rotatable bonds is 8. The molecule has 0 aliphatic heterocycles. The predicted molar refractivity (Wildman–Crippen MR) is 95.5 cm³/mol. The van der Waals surface area contributed by atoms with Crippen molar-refractivity contribution in [3.63, 3.8) is 0 Å². The first-order valence-electron chi connectivity index (χ1n) is 8.41. The van der Waals surface area contributed by atoms with Crippen molar-refractivity contribution >= 4 is 27.9 Å². The third-order valence-corrected chi connectivity index (χ3v) is 4.08. The Morgan fingerprint density at radius 1 is 1.29 bits per heavy atom. The molecule has 3 rings (SSSR count). The number of nitrogen functional groups attached to an aromatic ring is 1. The maximum atomic E-state index is 6.42. The lowest BCUT2D eigenvalue weighted by Crippen LogP contribution is -2.14. The lowest BCUT2D eigenvalue weighted by atomic mass is 10.2. The summed E-state index contributed by atoms with van der Waals surface area (Å²) in [6, 6.07) is 3.79. The lowest BCUT2D eigenvalue weighted by molar-refractivity contribution is 0.0903. The highest BCUT2D eigenvalue weighted by atomic mass is 16.6. The molecular formula is C17H24N6O. The number of unbranched alkanes of at least 4 members (excludes halogenated alkanes) is 1. The van der Waals surface area contributed by atoms with Crippen molar-refractivity contribution in [2.24, 2.45) is 0 Å². The minimum atomic E-state index is 0.667. The van der Waals surface area contributed by atoms with Gasteiger partial charge in [-0.2, -0.15) is 0 Å². The fourth-order valence-corrected chi connectivity index (χ4v) is 2.97. The van der Waals surface area contributed by atoms with Gasteiger partial charge in [-0.25, -0.2) is 15.4 Å². The molecule has 3 aromatic heterocycles. The molecule has 0 spiro atoms. The molecule has 0 saturated heterocycles. The van der Waals surface area contributed by atoms with Crippen LogP contribution in [0.2, 0.25) is 0 Å². The van der Waals surface area contributed by atoms with Gasteiger partial charge in [-0.1, -0.05) is 6.92 Å². The van der Waals surface area contributed by atoms with E-state index < -0.39 is 0 Å². The van der Waals surface area contributed by atoms with Crippen LogP contribution in [0.1, 0.15) is 32.0 Å². The van der Waals surface area contributed by atoms with Gasteiger partial charge in [0.2, 0.25) is 0 Å². The first kappa shape index (κ1) is 16.6. The van der Waals surface area contributed by atoms with Crippen LogP contribution in [0, 0.1) is 0 Å². The van der Waals surface area contributed by atoms with Crippen molar-refractivity contribution in [3.8, 4) is 0 Å². The molecule has 0 unspecified atom stereocenters. The van der Waals surface area contributed by atoms with Crippen LogP contribution < -0.4 is 11.2 Å². The number of nitrogens with one attached hydrogen (secondary N) is 1. The average Bonchev–Trinajstić information content (AvgIpc) is 2.93. The van der Waals surface area contributed by atoms with Crippen LogP contribution in [0.4, 0.5) is 5.69 Å². The third-order valence-electron chi connectivity index (χ3n) is 4.08. The molecule has 128 valence electrons. The second-order valence-electron chi connectivity index (χ2n) is 5.80. The van der Waals surface area contributed by atoms with E-state index in [-0.39, 0.29) is 0 Å². The monoisotopic (exact) mass is 328 g/mol. The Bertz CT molecular complexity index is 829. The number of fused-ring (bicyclic) bond motifs is 2. The van der Waals surface area contributed by atoms with E-state index in [4.69, 9.17) is 15.6 Å². The normalized spacial score (nSPS) is 11.6. The second-order valence-corrected chi connectivity index (χ2v) is 5.80. The lowest BCUT2D eigenvalue weighted by Gasteiger charge is -2.10. The molecule has 7 nitrogen and oxygen atoms in total. The molecule has 0 atom stereocenters. The number of hydrogen-bond donors (Lipinski definition) is 2. The maximum absolute atomic E-state index is 6.42. The van der Waals surface area contributed by atoms with Crippen molar-refractivity contribution in [2.75, 3.05) is 19.4 Å². The Morgan fingerprint density at radius 3 is 2.96 bits per heavy atom. The quantitative estimate of drug-likeness (QED) is 0.487. The molecule has 24 heavy (non-hydrogen) atoms. The molecule has 0 radical (unpaired) electrons. The van der Waals surface area contributed by atoms with E-state index >= 15 is 0 Å². The summed E-state index contributed by atoms with van der Waals surface area (Å²) in [6.07, 6.45) is 5.72. The first-order valence-corrected chi connectivity index (χ1v) is 8.41. The Morgan fingerprint density at radius 2 is 2.17 bits per heavy atom. The Hall–Kier alpha value is -2.25. The zero-order chi connectivity index (χ0) is 16.9. The fourth-order valence-electron chi connectivity index (χ4n) is 2.97. The first-order chi connectivity index (χ1) is 11.8. The summed E-state index contributed by atoms with van der Waals surface area (Å²) in [6.45, 7) is 3.84. The second kappa shape index (κ2) is 7.55. The Labute approximate surface area is 141 Å². The highest BCUT2D eigenvalue weighted by Gasteiger charge is 2.16. The molecule has 7 heteroatoms. The molecule has 0 aliphatic carbocycles. The Kier molecular flexibility index (Phi) is 5.22. The van der Waals surface area contributed by atoms with Gasteiger partial charge in [-0.3, -0.25) is 4.98 Å². The van der Waals surface area contributed by atoms with Crippen LogP contribution >= 0.6 is 0 Å². The van der Waals surface area contributed by atoms with Crippen molar-refractivity contribution in [1.29, 1.82) is 0 Å². The summed E-state index contributed by atoms with van der Waals surface area (Å²) in [5.74, 6) is 1.04. The van der Waals surface area contributed by atoms with Gasteiger partial charge in [0.1, 0.15) is 16.9 Å². The van der Waals surface area contributed by atoms with Crippen molar-refractivity contribution in [1.82, 2.24) is 25.0 Å². The van der Waals surface area contributed by atoms with E-state index in [0.29, 0.717) is 11.3 Å². The SMILES string of the molecule is CCCc1nc2nc3cccnc3c(N)c2n1CCCCNOC.